The number of ether oxygens (including phenoxy) is 2. The number of hydrogen-bond donors (Lipinski definition) is 4. The van der Waals surface area contributed by atoms with Crippen LogP contribution in [-0.2, 0) is 22.2 Å². The van der Waals surface area contributed by atoms with Gasteiger partial charge in [0.2, 0.25) is 6.41 Å². The lowest BCUT2D eigenvalue weighted by Gasteiger charge is -2.50. The molecule has 0 aromatic heterocycles. The number of hydrogen-bond acceptors (Lipinski definition) is 6. The third kappa shape index (κ3) is 3.16. The lowest BCUT2D eigenvalue weighted by atomic mass is 9.58. The van der Waals surface area contributed by atoms with E-state index in [1.807, 2.05) is 18.2 Å². The average Bonchev–Trinajstić information content (AvgIpc) is 3.25. The summed E-state index contributed by atoms with van der Waals surface area (Å²) in [4.78, 5) is 22.0. The second-order valence-electron chi connectivity index (χ2n) is 12.1. The molecular formula is C30H35N3O5. The highest BCUT2D eigenvalue weighted by Crippen LogP contribution is 2.73. The van der Waals surface area contributed by atoms with Gasteiger partial charge in [0.15, 0.2) is 0 Å². The zero-order valence-corrected chi connectivity index (χ0v) is 21.7. The zero-order valence-electron chi connectivity index (χ0n) is 21.7. The van der Waals surface area contributed by atoms with Crippen molar-refractivity contribution in [3.63, 3.8) is 0 Å². The molecule has 2 heterocycles. The summed E-state index contributed by atoms with van der Waals surface area (Å²) in [5, 5.41) is 19.5. The number of aliphatic hydroxyl groups is 1. The van der Waals surface area contributed by atoms with Crippen LogP contribution in [0.25, 0.3) is 0 Å². The maximum Gasteiger partial charge on any atom is 0.251 e. The van der Waals surface area contributed by atoms with E-state index in [1.165, 1.54) is 24.0 Å². The number of fused-ring (bicyclic) bond motifs is 3. The molecule has 3 saturated carbocycles. The van der Waals surface area contributed by atoms with Crippen molar-refractivity contribution in [1.29, 1.82) is 0 Å². The molecule has 2 aromatic carbocycles. The van der Waals surface area contributed by atoms with E-state index in [2.05, 4.69) is 35.4 Å². The van der Waals surface area contributed by atoms with E-state index >= 15 is 0 Å². The van der Waals surface area contributed by atoms with E-state index in [0.29, 0.717) is 25.0 Å². The highest BCUT2D eigenvalue weighted by Gasteiger charge is 2.78. The molecule has 5 atom stereocenters. The number of benzene rings is 2. The molecule has 2 aliphatic heterocycles. The quantitative estimate of drug-likeness (QED) is 0.452. The average molecular weight is 518 g/mol. The van der Waals surface area contributed by atoms with Crippen molar-refractivity contribution >= 4 is 12.3 Å². The lowest BCUT2D eigenvalue weighted by Crippen LogP contribution is -2.65. The molecule has 0 saturated heterocycles. The second-order valence-corrected chi connectivity index (χ2v) is 12.1. The Hall–Kier alpha value is -3.10. The van der Waals surface area contributed by atoms with Crippen LogP contribution in [0.3, 0.4) is 0 Å². The van der Waals surface area contributed by atoms with Crippen LogP contribution in [-0.4, -0.2) is 48.3 Å². The Labute approximate surface area is 222 Å². The SMILES string of the molecule is Cc1ccc2c3c1O[C@H]1C(NC(=O)c4ccc5c(c4)CCO5)CCC4(O)CC2(NCC2CC2)CC314.NC=O. The monoisotopic (exact) mass is 517 g/mol. The molecule has 2 amide bonds. The van der Waals surface area contributed by atoms with Crippen molar-refractivity contribution in [2.45, 2.75) is 80.6 Å². The smallest absolute Gasteiger partial charge is 0.251 e. The molecule has 6 aliphatic rings. The van der Waals surface area contributed by atoms with Crippen LogP contribution in [0.4, 0.5) is 0 Å². The molecule has 8 nitrogen and oxygen atoms in total. The van der Waals surface area contributed by atoms with Crippen molar-refractivity contribution in [3.05, 3.63) is 58.1 Å². The third-order valence-corrected chi connectivity index (χ3v) is 9.98. The Kier molecular flexibility index (Phi) is 5.17. The maximum absolute atomic E-state index is 13.4. The number of primary amides is 1. The largest absolute Gasteiger partial charge is 0.493 e. The molecule has 5 N–H and O–H groups in total. The van der Waals surface area contributed by atoms with Crippen LogP contribution in [0.5, 0.6) is 11.5 Å². The first-order valence-electron chi connectivity index (χ1n) is 13.8. The number of carbonyl (C=O) groups is 2. The minimum Gasteiger partial charge on any atom is -0.493 e. The van der Waals surface area contributed by atoms with Crippen LogP contribution >= 0.6 is 0 Å². The summed E-state index contributed by atoms with van der Waals surface area (Å²) in [6, 6.07) is 10.00. The van der Waals surface area contributed by atoms with E-state index in [4.69, 9.17) is 14.3 Å². The Morgan fingerprint density at radius 1 is 1.21 bits per heavy atom. The van der Waals surface area contributed by atoms with E-state index in [-0.39, 0.29) is 30.0 Å². The van der Waals surface area contributed by atoms with Gasteiger partial charge in [0, 0.05) is 23.1 Å². The summed E-state index contributed by atoms with van der Waals surface area (Å²) < 4.78 is 12.3. The van der Waals surface area contributed by atoms with E-state index in [0.717, 1.165) is 54.4 Å². The highest BCUT2D eigenvalue weighted by atomic mass is 16.5. The Morgan fingerprint density at radius 3 is 2.82 bits per heavy atom. The normalized spacial score (nSPS) is 34.4. The molecule has 4 aliphatic carbocycles. The van der Waals surface area contributed by atoms with Crippen molar-refractivity contribution in [2.24, 2.45) is 11.7 Å². The number of rotatable bonds is 5. The van der Waals surface area contributed by atoms with Gasteiger partial charge in [-0.05, 0) is 92.8 Å². The molecule has 0 radical (unpaired) electrons. The van der Waals surface area contributed by atoms with Crippen LogP contribution < -0.4 is 25.8 Å². The molecule has 2 bridgehead atoms. The Morgan fingerprint density at radius 2 is 2.03 bits per heavy atom. The molecule has 8 heteroatoms. The Bertz CT molecular complexity index is 1340. The fraction of sp³-hybridized carbons (Fsp3) is 0.533. The van der Waals surface area contributed by atoms with Gasteiger partial charge in [0.05, 0.1) is 23.7 Å². The van der Waals surface area contributed by atoms with Gasteiger partial charge in [-0.25, -0.2) is 0 Å². The maximum atomic E-state index is 13.4. The van der Waals surface area contributed by atoms with Gasteiger partial charge in [-0.2, -0.15) is 0 Å². The fourth-order valence-electron chi connectivity index (χ4n) is 8.18. The van der Waals surface area contributed by atoms with Crippen molar-refractivity contribution < 1.29 is 24.2 Å². The van der Waals surface area contributed by atoms with E-state index < -0.39 is 11.0 Å². The van der Waals surface area contributed by atoms with Crippen molar-refractivity contribution in [1.82, 2.24) is 10.6 Å². The summed E-state index contributed by atoms with van der Waals surface area (Å²) in [6.45, 7) is 3.79. The van der Waals surface area contributed by atoms with Gasteiger partial charge in [0.25, 0.3) is 5.91 Å². The summed E-state index contributed by atoms with van der Waals surface area (Å²) >= 11 is 0. The Balaban J connectivity index is 0.000000773. The summed E-state index contributed by atoms with van der Waals surface area (Å²) in [6.07, 6.45) is 6.41. The summed E-state index contributed by atoms with van der Waals surface area (Å²) in [5.74, 6) is 2.52. The first-order chi connectivity index (χ1) is 18.3. The van der Waals surface area contributed by atoms with Gasteiger partial charge in [-0.3, -0.25) is 9.59 Å². The number of nitrogens with one attached hydrogen (secondary N) is 2. The van der Waals surface area contributed by atoms with E-state index in [1.54, 1.807) is 0 Å². The predicted molar refractivity (Wildman–Crippen MR) is 140 cm³/mol. The number of nitrogens with two attached hydrogens (primary N) is 1. The summed E-state index contributed by atoms with van der Waals surface area (Å²) in [7, 11) is 0. The lowest BCUT2D eigenvalue weighted by molar-refractivity contribution is -0.106. The van der Waals surface area contributed by atoms with Crippen LogP contribution in [0.1, 0.15) is 71.1 Å². The van der Waals surface area contributed by atoms with Crippen molar-refractivity contribution in [3.8, 4) is 11.5 Å². The first-order valence-corrected chi connectivity index (χ1v) is 13.8. The van der Waals surface area contributed by atoms with Gasteiger partial charge < -0.3 is 30.9 Å². The van der Waals surface area contributed by atoms with Crippen LogP contribution in [0.2, 0.25) is 0 Å². The molecule has 4 unspecified atom stereocenters. The minimum absolute atomic E-state index is 0.0721. The highest BCUT2D eigenvalue weighted by molar-refractivity contribution is 5.95. The van der Waals surface area contributed by atoms with Gasteiger partial charge in [0.1, 0.15) is 17.6 Å². The predicted octanol–water partition coefficient (Wildman–Crippen LogP) is 2.36. The third-order valence-electron chi connectivity index (χ3n) is 9.98. The van der Waals surface area contributed by atoms with Gasteiger partial charge in [-0.1, -0.05) is 12.1 Å². The minimum atomic E-state index is -0.813. The molecule has 2 aromatic rings. The van der Waals surface area contributed by atoms with Crippen molar-refractivity contribution in [2.75, 3.05) is 13.2 Å². The van der Waals surface area contributed by atoms with Crippen LogP contribution in [0, 0.1) is 12.8 Å². The number of carbonyl (C=O) groups excluding carboxylic acids is 2. The molecule has 200 valence electrons. The zero-order chi connectivity index (χ0) is 26.3. The standard InChI is InChI=1S/C29H32N2O4.CH3NO/c1-16-2-6-20-23-24(16)35-25-21(31-26(32)19-5-7-22-18(12-19)9-11-34-22)8-10-28(33)14-27(20,15-29(23,25)28)30-13-17-3-4-17;2-1-3/h2,5-7,12,17,21,25,30,33H,3-4,8-11,13-15H2,1H3,(H,31,32);1H,(H2,2,3)/t21?,25-,27?,28?,29?;/m0./s1. The summed E-state index contributed by atoms with van der Waals surface area (Å²) in [5.41, 5.74) is 8.09. The number of aryl methyl sites for hydroxylation is 1. The molecule has 1 spiro atoms. The number of amides is 2. The fourth-order valence-corrected chi connectivity index (χ4v) is 8.18. The molecule has 38 heavy (non-hydrogen) atoms. The van der Waals surface area contributed by atoms with E-state index in [9.17, 15) is 9.90 Å². The van der Waals surface area contributed by atoms with Crippen LogP contribution in [0.15, 0.2) is 30.3 Å². The first kappa shape index (κ1) is 24.0. The van der Waals surface area contributed by atoms with Gasteiger partial charge >= 0.3 is 0 Å². The molecular weight excluding hydrogens is 482 g/mol. The molecule has 8 rings (SSSR count). The van der Waals surface area contributed by atoms with Gasteiger partial charge in [-0.15, -0.1) is 0 Å². The second kappa shape index (κ2) is 8.20. The molecule has 3 fully saturated rings. The topological polar surface area (TPSA) is 123 Å².